The fraction of sp³-hybridized carbons (Fsp3) is 0.0222. The van der Waals surface area contributed by atoms with Gasteiger partial charge in [-0.2, -0.15) is 0 Å². The number of benzene rings is 8. The van der Waals surface area contributed by atoms with Crippen molar-refractivity contribution >= 4 is 65.9 Å². The number of furan rings is 1. The lowest BCUT2D eigenvalue weighted by atomic mass is 9.92. The number of hydrogen-bond acceptors (Lipinski definition) is 4. The van der Waals surface area contributed by atoms with Gasteiger partial charge in [-0.15, -0.1) is 0 Å². The summed E-state index contributed by atoms with van der Waals surface area (Å²) < 4.78 is 6.90. The van der Waals surface area contributed by atoms with Gasteiger partial charge in [0.05, 0.1) is 5.56 Å². The Labute approximate surface area is 282 Å². The molecule has 1 atom stereocenters. The molecule has 0 fully saturated rings. The highest BCUT2D eigenvalue weighted by Gasteiger charge is 2.24. The van der Waals surface area contributed by atoms with Gasteiger partial charge >= 0.3 is 0 Å². The Morgan fingerprint density at radius 2 is 0.959 bits per heavy atom. The van der Waals surface area contributed by atoms with E-state index in [4.69, 9.17) is 14.4 Å². The summed E-state index contributed by atoms with van der Waals surface area (Å²) in [6.45, 7) is 0. The Hall–Kier alpha value is -6.52. The van der Waals surface area contributed by atoms with Crippen molar-refractivity contribution in [2.24, 2.45) is 9.98 Å². The van der Waals surface area contributed by atoms with Gasteiger partial charge in [0.1, 0.15) is 23.2 Å². The Kier molecular flexibility index (Phi) is 6.21. The van der Waals surface area contributed by atoms with Gasteiger partial charge in [-0.3, -0.25) is 0 Å². The van der Waals surface area contributed by atoms with Gasteiger partial charge in [0.2, 0.25) is 0 Å². The first-order valence-electron chi connectivity index (χ1n) is 16.6. The number of hydrogen-bond donors (Lipinski definition) is 1. The smallest absolute Gasteiger partial charge is 0.163 e. The molecule has 1 N–H and O–H groups in total. The topological polar surface area (TPSA) is 49.9 Å². The number of aliphatic imine (C=N–C) groups is 2. The molecule has 10 rings (SSSR count). The van der Waals surface area contributed by atoms with Gasteiger partial charge in [0.15, 0.2) is 5.84 Å². The zero-order valence-electron chi connectivity index (χ0n) is 26.5. The van der Waals surface area contributed by atoms with Crippen LogP contribution in [0.2, 0.25) is 0 Å². The van der Waals surface area contributed by atoms with E-state index in [0.717, 1.165) is 55.6 Å². The highest BCUT2D eigenvalue weighted by atomic mass is 16.3. The van der Waals surface area contributed by atoms with Crippen LogP contribution in [-0.2, 0) is 0 Å². The van der Waals surface area contributed by atoms with Crippen LogP contribution in [0.5, 0.6) is 0 Å². The zero-order chi connectivity index (χ0) is 32.3. The number of nitrogens with zero attached hydrogens (tertiary/aromatic N) is 2. The molecule has 0 amide bonds. The van der Waals surface area contributed by atoms with Crippen LogP contribution < -0.4 is 5.32 Å². The summed E-state index contributed by atoms with van der Waals surface area (Å²) in [5.74, 6) is 1.42. The summed E-state index contributed by atoms with van der Waals surface area (Å²) in [5.41, 5.74) is 6.76. The van der Waals surface area contributed by atoms with Crippen LogP contribution in [0.1, 0.15) is 22.9 Å². The van der Waals surface area contributed by atoms with Crippen molar-refractivity contribution in [1.82, 2.24) is 5.32 Å². The standard InChI is InChI=1S/C45H29N3O/c1-3-13-28(14-4-1)43-46-44(29-15-5-2-6-16-29)48-45(47-43)39-24-12-23-38-37-22-11-21-31(41(37)49-42(38)39)30-25-26-36-34-19-8-7-17-32(34)33-18-9-10-20-35(33)40(36)27-30/h1-27,43H,(H,46,47,48). The molecule has 1 aliphatic heterocycles. The van der Waals surface area contributed by atoms with Crippen LogP contribution in [0.4, 0.5) is 0 Å². The maximum absolute atomic E-state index is 6.90. The molecule has 0 spiro atoms. The molecule has 0 saturated heterocycles. The molecule has 49 heavy (non-hydrogen) atoms. The van der Waals surface area contributed by atoms with Gasteiger partial charge in [-0.25, -0.2) is 9.98 Å². The lowest BCUT2D eigenvalue weighted by Gasteiger charge is -2.23. The Morgan fingerprint density at radius 1 is 0.429 bits per heavy atom. The minimum Gasteiger partial charge on any atom is -0.455 e. The highest BCUT2D eigenvalue weighted by molar-refractivity contribution is 6.26. The molecule has 1 aromatic heterocycles. The van der Waals surface area contributed by atoms with Gasteiger partial charge in [0, 0.05) is 21.9 Å². The lowest BCUT2D eigenvalue weighted by molar-refractivity contribution is 0.664. The van der Waals surface area contributed by atoms with Crippen molar-refractivity contribution in [3.05, 3.63) is 180 Å². The SMILES string of the molecule is c1ccc(C2=NC(c3cccc4c3oc3c(-c5ccc6c7ccccc7c7ccccc7c6c5)cccc34)=NC(c3ccccc3)N2)cc1. The van der Waals surface area contributed by atoms with Crippen LogP contribution in [0.15, 0.2) is 178 Å². The Bertz CT molecular complexity index is 2760. The van der Waals surface area contributed by atoms with Crippen LogP contribution in [-0.4, -0.2) is 11.7 Å². The lowest BCUT2D eigenvalue weighted by Crippen LogP contribution is -2.33. The van der Waals surface area contributed by atoms with E-state index in [9.17, 15) is 0 Å². The maximum Gasteiger partial charge on any atom is 0.163 e. The van der Waals surface area contributed by atoms with E-state index in [1.807, 2.05) is 36.4 Å². The van der Waals surface area contributed by atoms with E-state index in [-0.39, 0.29) is 6.17 Å². The molecular weight excluding hydrogens is 599 g/mol. The monoisotopic (exact) mass is 627 g/mol. The second-order valence-corrected chi connectivity index (χ2v) is 12.6. The third-order valence-corrected chi connectivity index (χ3v) is 9.73. The first kappa shape index (κ1) is 27.6. The van der Waals surface area contributed by atoms with E-state index in [1.165, 1.54) is 32.3 Å². The van der Waals surface area contributed by atoms with Crippen LogP contribution in [0.3, 0.4) is 0 Å². The number of fused-ring (bicyclic) bond motifs is 9. The summed E-state index contributed by atoms with van der Waals surface area (Å²) in [6, 6.07) is 57.4. The molecule has 9 aromatic rings. The molecule has 4 nitrogen and oxygen atoms in total. The average Bonchev–Trinajstić information content (AvgIpc) is 3.58. The Balaban J connectivity index is 1.17. The number of amidine groups is 2. The summed E-state index contributed by atoms with van der Waals surface area (Å²) in [4.78, 5) is 10.2. The van der Waals surface area contributed by atoms with E-state index >= 15 is 0 Å². The van der Waals surface area contributed by atoms with Gasteiger partial charge in [-0.1, -0.05) is 152 Å². The number of nitrogens with one attached hydrogen (secondary N) is 1. The van der Waals surface area contributed by atoms with Gasteiger partial charge in [0.25, 0.3) is 0 Å². The van der Waals surface area contributed by atoms with Crippen molar-refractivity contribution in [1.29, 1.82) is 0 Å². The fourth-order valence-electron chi connectivity index (χ4n) is 7.42. The highest BCUT2D eigenvalue weighted by Crippen LogP contribution is 2.41. The van der Waals surface area contributed by atoms with E-state index in [0.29, 0.717) is 5.84 Å². The van der Waals surface area contributed by atoms with E-state index in [1.54, 1.807) is 0 Å². The van der Waals surface area contributed by atoms with Crippen molar-refractivity contribution in [2.75, 3.05) is 0 Å². The minimum atomic E-state index is -0.289. The van der Waals surface area contributed by atoms with Crippen LogP contribution >= 0.6 is 0 Å². The van der Waals surface area contributed by atoms with Gasteiger partial charge in [-0.05, 0) is 55.6 Å². The van der Waals surface area contributed by atoms with Crippen LogP contribution in [0.25, 0.3) is 65.4 Å². The number of rotatable bonds is 4. The maximum atomic E-state index is 6.90. The normalized spacial score (nSPS) is 14.7. The van der Waals surface area contributed by atoms with Crippen molar-refractivity contribution < 1.29 is 4.42 Å². The molecule has 2 heterocycles. The molecule has 8 aromatic carbocycles. The minimum absolute atomic E-state index is 0.289. The quantitative estimate of drug-likeness (QED) is 0.197. The predicted octanol–water partition coefficient (Wildman–Crippen LogP) is 11.2. The third-order valence-electron chi connectivity index (χ3n) is 9.73. The van der Waals surface area contributed by atoms with Crippen molar-refractivity contribution in [2.45, 2.75) is 6.17 Å². The average molecular weight is 628 g/mol. The summed E-state index contributed by atoms with van der Waals surface area (Å²) >= 11 is 0. The molecule has 1 unspecified atom stereocenters. The summed E-state index contributed by atoms with van der Waals surface area (Å²) in [5, 5.41) is 13.2. The van der Waals surface area contributed by atoms with Crippen LogP contribution in [0, 0.1) is 0 Å². The van der Waals surface area contributed by atoms with E-state index < -0.39 is 0 Å². The summed E-state index contributed by atoms with van der Waals surface area (Å²) in [6.07, 6.45) is -0.289. The van der Waals surface area contributed by atoms with Gasteiger partial charge < -0.3 is 9.73 Å². The second-order valence-electron chi connectivity index (χ2n) is 12.6. The zero-order valence-corrected chi connectivity index (χ0v) is 26.5. The molecule has 4 heteroatoms. The fourth-order valence-corrected chi connectivity index (χ4v) is 7.42. The molecule has 0 bridgehead atoms. The first-order chi connectivity index (χ1) is 24.3. The molecular formula is C45H29N3O. The van der Waals surface area contributed by atoms with E-state index in [2.05, 4.69) is 133 Å². The third kappa shape index (κ3) is 4.45. The Morgan fingerprint density at radius 3 is 1.63 bits per heavy atom. The van der Waals surface area contributed by atoms with Crippen molar-refractivity contribution in [3.8, 4) is 11.1 Å². The first-order valence-corrected chi connectivity index (χ1v) is 16.6. The second kappa shape index (κ2) is 11.0. The molecule has 1 aliphatic rings. The number of para-hydroxylation sites is 2. The summed E-state index contributed by atoms with van der Waals surface area (Å²) in [7, 11) is 0. The molecule has 0 aliphatic carbocycles. The van der Waals surface area contributed by atoms with Crippen molar-refractivity contribution in [3.63, 3.8) is 0 Å². The molecule has 0 saturated carbocycles. The molecule has 0 radical (unpaired) electrons. The largest absolute Gasteiger partial charge is 0.455 e. The molecule has 230 valence electrons. The predicted molar refractivity (Wildman–Crippen MR) is 204 cm³/mol.